The van der Waals surface area contributed by atoms with Crippen LogP contribution in [0.4, 0.5) is 0 Å². The number of halogens is 2. The normalized spacial score (nSPS) is 16.0. The second-order valence-corrected chi connectivity index (χ2v) is 6.56. The predicted molar refractivity (Wildman–Crippen MR) is 102 cm³/mol. The molecule has 3 rings (SSSR count). The predicted octanol–water partition coefficient (Wildman–Crippen LogP) is 4.20. The Kier molecular flexibility index (Phi) is 6.01. The van der Waals surface area contributed by atoms with Crippen molar-refractivity contribution in [2.24, 2.45) is 5.16 Å². The molecule has 7 heteroatoms. The summed E-state index contributed by atoms with van der Waals surface area (Å²) in [5, 5.41) is 7.89. The molecule has 0 fully saturated rings. The summed E-state index contributed by atoms with van der Waals surface area (Å²) < 4.78 is 5.56. The van der Waals surface area contributed by atoms with Crippen LogP contribution >= 0.6 is 23.2 Å². The minimum Gasteiger partial charge on any atom is -0.494 e. The van der Waals surface area contributed by atoms with Crippen LogP contribution in [0.15, 0.2) is 47.6 Å². The quantitative estimate of drug-likeness (QED) is 0.800. The molecule has 136 valence electrons. The molecule has 0 saturated carbocycles. The first kappa shape index (κ1) is 18.5. The lowest BCUT2D eigenvalue weighted by molar-refractivity contribution is -0.131. The van der Waals surface area contributed by atoms with Crippen LogP contribution in [0.2, 0.25) is 10.0 Å². The average molecular weight is 393 g/mol. The number of para-hydroxylation sites is 1. The molecule has 1 atom stereocenters. The summed E-state index contributed by atoms with van der Waals surface area (Å²) in [7, 11) is 0. The maximum atomic E-state index is 12.4. The molecule has 1 amide bonds. The van der Waals surface area contributed by atoms with Crippen molar-refractivity contribution in [1.29, 1.82) is 0 Å². The molecule has 1 N–H and O–H groups in total. The first-order valence-electron chi connectivity index (χ1n) is 8.25. The molecular formula is C19H18Cl2N2O3. The molecule has 0 radical (unpaired) electrons. The summed E-state index contributed by atoms with van der Waals surface area (Å²) in [5.41, 5.74) is 2.25. The van der Waals surface area contributed by atoms with E-state index in [1.165, 1.54) is 0 Å². The molecular weight excluding hydrogens is 375 g/mol. The first-order valence-corrected chi connectivity index (χ1v) is 9.00. The highest BCUT2D eigenvalue weighted by Crippen LogP contribution is 2.26. The number of hydrogen-bond acceptors (Lipinski definition) is 4. The Morgan fingerprint density at radius 1 is 1.31 bits per heavy atom. The number of carbonyl (C=O) groups excluding carboxylic acids is 1. The summed E-state index contributed by atoms with van der Waals surface area (Å²) in [6.07, 6.45) is -0.337. The van der Waals surface area contributed by atoms with Gasteiger partial charge in [-0.15, -0.1) is 0 Å². The van der Waals surface area contributed by atoms with E-state index in [1.807, 2.05) is 31.2 Å². The van der Waals surface area contributed by atoms with Crippen LogP contribution in [-0.2, 0) is 16.2 Å². The van der Waals surface area contributed by atoms with Gasteiger partial charge in [0.25, 0.3) is 5.91 Å². The van der Waals surface area contributed by atoms with Crippen LogP contribution in [0.25, 0.3) is 0 Å². The summed E-state index contributed by atoms with van der Waals surface area (Å²) in [5.74, 6) is 0.521. The summed E-state index contributed by atoms with van der Waals surface area (Å²) in [4.78, 5) is 17.7. The first-order chi connectivity index (χ1) is 12.6. The van der Waals surface area contributed by atoms with E-state index < -0.39 is 6.10 Å². The van der Waals surface area contributed by atoms with Gasteiger partial charge in [-0.1, -0.05) is 52.6 Å². The Morgan fingerprint density at radius 3 is 2.88 bits per heavy atom. The van der Waals surface area contributed by atoms with Gasteiger partial charge in [0.2, 0.25) is 6.10 Å². The number of benzene rings is 2. The zero-order chi connectivity index (χ0) is 18.5. The van der Waals surface area contributed by atoms with E-state index in [0.29, 0.717) is 40.9 Å². The van der Waals surface area contributed by atoms with Gasteiger partial charge in [0.15, 0.2) is 0 Å². The Balaban J connectivity index is 1.59. The fraction of sp³-hybridized carbons (Fsp3) is 0.263. The average Bonchev–Trinajstić information content (AvgIpc) is 3.11. The number of rotatable bonds is 6. The number of carbonyl (C=O) groups is 1. The van der Waals surface area contributed by atoms with Gasteiger partial charge < -0.3 is 14.9 Å². The van der Waals surface area contributed by atoms with Crippen molar-refractivity contribution < 1.29 is 14.4 Å². The maximum absolute atomic E-state index is 12.4. The number of nitrogens with zero attached hydrogens (tertiary/aromatic N) is 1. The number of amides is 1. The third kappa shape index (κ3) is 4.29. The highest BCUT2D eigenvalue weighted by molar-refractivity contribution is 6.37. The third-order valence-corrected chi connectivity index (χ3v) is 4.48. The van der Waals surface area contributed by atoms with Gasteiger partial charge in [0.1, 0.15) is 5.75 Å². The molecule has 2 aromatic rings. The van der Waals surface area contributed by atoms with E-state index in [-0.39, 0.29) is 5.91 Å². The summed E-state index contributed by atoms with van der Waals surface area (Å²) in [6, 6.07) is 12.7. The molecule has 0 spiro atoms. The minimum absolute atomic E-state index is 0.236. The largest absolute Gasteiger partial charge is 0.494 e. The van der Waals surface area contributed by atoms with Crippen molar-refractivity contribution in [3.8, 4) is 5.75 Å². The van der Waals surface area contributed by atoms with Crippen molar-refractivity contribution >= 4 is 34.8 Å². The number of hydrogen-bond donors (Lipinski definition) is 1. The van der Waals surface area contributed by atoms with Crippen LogP contribution in [0, 0.1) is 0 Å². The van der Waals surface area contributed by atoms with Crippen LogP contribution in [0.3, 0.4) is 0 Å². The number of ether oxygens (including phenoxy) is 1. The molecule has 1 aliphatic heterocycles. The molecule has 1 aliphatic rings. The van der Waals surface area contributed by atoms with Gasteiger partial charge in [-0.05, 0) is 25.1 Å². The van der Waals surface area contributed by atoms with Crippen LogP contribution < -0.4 is 10.1 Å². The monoisotopic (exact) mass is 392 g/mol. The SMILES string of the molecule is CCOc1ccccc1CNC(=O)[C@H]1CC(c2ccc(Cl)cc2Cl)=NO1. The van der Waals surface area contributed by atoms with Crippen LogP contribution in [-0.4, -0.2) is 24.3 Å². The Labute approximate surface area is 161 Å². The van der Waals surface area contributed by atoms with E-state index in [0.717, 1.165) is 11.3 Å². The molecule has 0 aromatic heterocycles. The van der Waals surface area contributed by atoms with Crippen molar-refractivity contribution in [1.82, 2.24) is 5.32 Å². The van der Waals surface area contributed by atoms with Crippen molar-refractivity contribution in [3.05, 3.63) is 63.6 Å². The minimum atomic E-state index is -0.684. The smallest absolute Gasteiger partial charge is 0.264 e. The Hall–Kier alpha value is -2.24. The van der Waals surface area contributed by atoms with Gasteiger partial charge in [0.05, 0.1) is 17.3 Å². The van der Waals surface area contributed by atoms with E-state index >= 15 is 0 Å². The fourth-order valence-corrected chi connectivity index (χ4v) is 3.16. The van der Waals surface area contributed by atoms with Gasteiger partial charge in [-0.2, -0.15) is 0 Å². The highest BCUT2D eigenvalue weighted by atomic mass is 35.5. The zero-order valence-corrected chi connectivity index (χ0v) is 15.7. The molecule has 0 unspecified atom stereocenters. The molecule has 0 bridgehead atoms. The zero-order valence-electron chi connectivity index (χ0n) is 14.2. The lowest BCUT2D eigenvalue weighted by Crippen LogP contribution is -2.34. The van der Waals surface area contributed by atoms with E-state index in [4.69, 9.17) is 32.8 Å². The molecule has 26 heavy (non-hydrogen) atoms. The Morgan fingerprint density at radius 2 is 2.12 bits per heavy atom. The summed E-state index contributed by atoms with van der Waals surface area (Å²) >= 11 is 12.1. The van der Waals surface area contributed by atoms with Gasteiger partial charge >= 0.3 is 0 Å². The topological polar surface area (TPSA) is 59.9 Å². The standard InChI is InChI=1S/C19H18Cl2N2O3/c1-2-25-17-6-4-3-5-12(17)11-22-19(24)18-10-16(23-26-18)14-8-7-13(20)9-15(14)21/h3-9,18H,2,10-11H2,1H3,(H,22,24)/t18-/m1/s1. The lowest BCUT2D eigenvalue weighted by atomic mass is 10.0. The van der Waals surface area contributed by atoms with Gasteiger partial charge in [-0.3, -0.25) is 4.79 Å². The molecule has 1 heterocycles. The second-order valence-electron chi connectivity index (χ2n) is 5.72. The van der Waals surface area contributed by atoms with E-state index in [2.05, 4.69) is 10.5 Å². The fourth-order valence-electron chi connectivity index (χ4n) is 2.64. The van der Waals surface area contributed by atoms with E-state index in [1.54, 1.807) is 18.2 Å². The van der Waals surface area contributed by atoms with Crippen LogP contribution in [0.1, 0.15) is 24.5 Å². The highest BCUT2D eigenvalue weighted by Gasteiger charge is 2.29. The van der Waals surface area contributed by atoms with Gasteiger partial charge in [0, 0.05) is 29.1 Å². The van der Waals surface area contributed by atoms with Crippen molar-refractivity contribution in [2.75, 3.05) is 6.61 Å². The second kappa shape index (κ2) is 8.43. The Bertz CT molecular complexity index is 839. The number of oxime groups is 1. The van der Waals surface area contributed by atoms with Gasteiger partial charge in [-0.25, -0.2) is 0 Å². The number of nitrogens with one attached hydrogen (secondary N) is 1. The van der Waals surface area contributed by atoms with Crippen molar-refractivity contribution in [2.45, 2.75) is 26.0 Å². The van der Waals surface area contributed by atoms with Crippen LogP contribution in [0.5, 0.6) is 5.75 Å². The molecule has 0 saturated heterocycles. The van der Waals surface area contributed by atoms with E-state index in [9.17, 15) is 4.79 Å². The molecule has 5 nitrogen and oxygen atoms in total. The van der Waals surface area contributed by atoms with Crippen molar-refractivity contribution in [3.63, 3.8) is 0 Å². The lowest BCUT2D eigenvalue weighted by Gasteiger charge is -2.12. The maximum Gasteiger partial charge on any atom is 0.264 e. The third-order valence-electron chi connectivity index (χ3n) is 3.93. The molecule has 2 aromatic carbocycles. The summed E-state index contributed by atoms with van der Waals surface area (Å²) in [6.45, 7) is 2.84. The molecule has 0 aliphatic carbocycles.